The van der Waals surface area contributed by atoms with E-state index in [4.69, 9.17) is 16.3 Å². The molecule has 0 aliphatic carbocycles. The topological polar surface area (TPSA) is 29.5 Å². The van der Waals surface area contributed by atoms with E-state index < -0.39 is 6.10 Å². The minimum absolute atomic E-state index is 0.528. The molecule has 0 aliphatic rings. The van der Waals surface area contributed by atoms with E-state index in [1.54, 1.807) is 30.6 Å². The molecule has 0 amide bonds. The summed E-state index contributed by atoms with van der Waals surface area (Å²) < 4.78 is 5.13. The van der Waals surface area contributed by atoms with E-state index in [0.717, 1.165) is 10.4 Å². The molecule has 0 aliphatic heterocycles. The lowest BCUT2D eigenvalue weighted by molar-refractivity contribution is 0.179. The Morgan fingerprint density at radius 1 is 1.41 bits per heavy atom. The van der Waals surface area contributed by atoms with Crippen molar-refractivity contribution in [3.05, 3.63) is 51.2 Å². The molecular weight excluding hydrogens is 256 g/mol. The van der Waals surface area contributed by atoms with Crippen molar-refractivity contribution < 1.29 is 9.84 Å². The van der Waals surface area contributed by atoms with Crippen LogP contribution in [-0.4, -0.2) is 12.2 Å². The minimum atomic E-state index is -0.528. The number of methoxy groups -OCH3 is 1. The molecule has 1 unspecified atom stereocenters. The van der Waals surface area contributed by atoms with E-state index in [1.807, 2.05) is 23.6 Å². The molecule has 1 N–H and O–H groups in total. The van der Waals surface area contributed by atoms with Gasteiger partial charge in [-0.3, -0.25) is 0 Å². The summed E-state index contributed by atoms with van der Waals surface area (Å²) >= 11 is 7.58. The standard InChI is InChI=1S/C13H13ClO2S/c1-16-13-7-9(4-5-11(13)14)12(15)8-10-3-2-6-17-10/h2-7,12,15H,8H2,1H3. The van der Waals surface area contributed by atoms with Gasteiger partial charge < -0.3 is 9.84 Å². The van der Waals surface area contributed by atoms with Gasteiger partial charge in [-0.05, 0) is 29.1 Å². The monoisotopic (exact) mass is 268 g/mol. The first-order valence-electron chi connectivity index (χ1n) is 5.24. The van der Waals surface area contributed by atoms with Crippen LogP contribution in [0.15, 0.2) is 35.7 Å². The van der Waals surface area contributed by atoms with Gasteiger partial charge in [0.15, 0.2) is 0 Å². The van der Waals surface area contributed by atoms with Crippen LogP contribution in [0.4, 0.5) is 0 Å². The van der Waals surface area contributed by atoms with Crippen LogP contribution in [-0.2, 0) is 6.42 Å². The SMILES string of the molecule is COc1cc(C(O)Cc2cccs2)ccc1Cl. The maximum atomic E-state index is 10.1. The number of thiophene rings is 1. The van der Waals surface area contributed by atoms with Gasteiger partial charge in [-0.1, -0.05) is 23.7 Å². The van der Waals surface area contributed by atoms with Crippen LogP contribution in [0.2, 0.25) is 5.02 Å². The average Bonchev–Trinajstić information content (AvgIpc) is 2.82. The smallest absolute Gasteiger partial charge is 0.137 e. The first kappa shape index (κ1) is 12.4. The molecule has 0 radical (unpaired) electrons. The molecule has 0 bridgehead atoms. The number of hydrogen-bond donors (Lipinski definition) is 1. The fourth-order valence-corrected chi connectivity index (χ4v) is 2.56. The lowest BCUT2D eigenvalue weighted by atomic mass is 10.1. The van der Waals surface area contributed by atoms with Crippen molar-refractivity contribution >= 4 is 22.9 Å². The predicted octanol–water partition coefficient (Wildman–Crippen LogP) is 3.69. The first-order chi connectivity index (χ1) is 8.20. The van der Waals surface area contributed by atoms with Gasteiger partial charge in [0.25, 0.3) is 0 Å². The van der Waals surface area contributed by atoms with E-state index in [0.29, 0.717) is 17.2 Å². The highest BCUT2D eigenvalue weighted by atomic mass is 35.5. The molecule has 0 spiro atoms. The molecule has 2 rings (SSSR count). The van der Waals surface area contributed by atoms with Crippen LogP contribution in [0.1, 0.15) is 16.5 Å². The highest BCUT2D eigenvalue weighted by Gasteiger charge is 2.11. The molecule has 1 atom stereocenters. The summed E-state index contributed by atoms with van der Waals surface area (Å²) in [7, 11) is 1.57. The first-order valence-corrected chi connectivity index (χ1v) is 6.50. The summed E-state index contributed by atoms with van der Waals surface area (Å²) in [6.45, 7) is 0. The number of halogens is 1. The molecular formula is C13H13ClO2S. The van der Waals surface area contributed by atoms with Crippen LogP contribution < -0.4 is 4.74 Å². The molecule has 4 heteroatoms. The number of aliphatic hydroxyl groups is 1. The van der Waals surface area contributed by atoms with Gasteiger partial charge in [0, 0.05) is 11.3 Å². The zero-order valence-electron chi connectivity index (χ0n) is 9.39. The molecule has 1 aromatic heterocycles. The number of benzene rings is 1. The van der Waals surface area contributed by atoms with Gasteiger partial charge in [-0.25, -0.2) is 0 Å². The van der Waals surface area contributed by atoms with E-state index >= 15 is 0 Å². The second-order valence-electron chi connectivity index (χ2n) is 3.69. The Kier molecular flexibility index (Phi) is 4.05. The van der Waals surface area contributed by atoms with Crippen molar-refractivity contribution in [2.45, 2.75) is 12.5 Å². The highest BCUT2D eigenvalue weighted by molar-refractivity contribution is 7.09. The van der Waals surface area contributed by atoms with Gasteiger partial charge in [0.05, 0.1) is 18.2 Å². The summed E-state index contributed by atoms with van der Waals surface area (Å²) in [5, 5.41) is 12.7. The van der Waals surface area contributed by atoms with Crippen molar-refractivity contribution in [2.24, 2.45) is 0 Å². The van der Waals surface area contributed by atoms with Crippen LogP contribution in [0.25, 0.3) is 0 Å². The number of aliphatic hydroxyl groups excluding tert-OH is 1. The third kappa shape index (κ3) is 3.00. The Bertz CT molecular complexity index is 482. The minimum Gasteiger partial charge on any atom is -0.495 e. The van der Waals surface area contributed by atoms with Gasteiger partial charge in [0.2, 0.25) is 0 Å². The fourth-order valence-electron chi connectivity index (χ4n) is 1.62. The summed E-state index contributed by atoms with van der Waals surface area (Å²) in [6, 6.07) is 9.34. The molecule has 0 saturated heterocycles. The predicted molar refractivity (Wildman–Crippen MR) is 71.0 cm³/mol. The summed E-state index contributed by atoms with van der Waals surface area (Å²) in [6.07, 6.45) is 0.0856. The average molecular weight is 269 g/mol. The van der Waals surface area contributed by atoms with Gasteiger partial charge in [-0.15, -0.1) is 11.3 Å². The maximum absolute atomic E-state index is 10.1. The van der Waals surface area contributed by atoms with E-state index in [-0.39, 0.29) is 0 Å². The molecule has 1 aromatic carbocycles. The third-order valence-electron chi connectivity index (χ3n) is 2.53. The fraction of sp³-hybridized carbons (Fsp3) is 0.231. The largest absolute Gasteiger partial charge is 0.495 e. The molecule has 17 heavy (non-hydrogen) atoms. The van der Waals surface area contributed by atoms with E-state index in [2.05, 4.69) is 0 Å². The zero-order chi connectivity index (χ0) is 12.3. The summed E-state index contributed by atoms with van der Waals surface area (Å²) in [5.74, 6) is 0.592. The van der Waals surface area contributed by atoms with E-state index in [9.17, 15) is 5.11 Å². The van der Waals surface area contributed by atoms with Gasteiger partial charge in [0.1, 0.15) is 5.75 Å². The lowest BCUT2D eigenvalue weighted by Gasteiger charge is -2.12. The van der Waals surface area contributed by atoms with Crippen molar-refractivity contribution in [2.75, 3.05) is 7.11 Å². The maximum Gasteiger partial charge on any atom is 0.137 e. The number of rotatable bonds is 4. The molecule has 0 fully saturated rings. The van der Waals surface area contributed by atoms with E-state index in [1.165, 1.54) is 0 Å². The van der Waals surface area contributed by atoms with Crippen LogP contribution in [0.5, 0.6) is 5.75 Å². The summed E-state index contributed by atoms with van der Waals surface area (Å²) in [4.78, 5) is 1.16. The molecule has 2 nitrogen and oxygen atoms in total. The van der Waals surface area contributed by atoms with Gasteiger partial charge >= 0.3 is 0 Å². The Morgan fingerprint density at radius 2 is 2.24 bits per heavy atom. The second-order valence-corrected chi connectivity index (χ2v) is 5.13. The van der Waals surface area contributed by atoms with Crippen LogP contribution in [0, 0.1) is 0 Å². The quantitative estimate of drug-likeness (QED) is 0.916. The van der Waals surface area contributed by atoms with Crippen LogP contribution in [0.3, 0.4) is 0 Å². The third-order valence-corrected chi connectivity index (χ3v) is 3.75. The van der Waals surface area contributed by atoms with Gasteiger partial charge in [-0.2, -0.15) is 0 Å². The molecule has 90 valence electrons. The molecule has 1 heterocycles. The Morgan fingerprint density at radius 3 is 2.88 bits per heavy atom. The zero-order valence-corrected chi connectivity index (χ0v) is 11.0. The highest BCUT2D eigenvalue weighted by Crippen LogP contribution is 2.29. The molecule has 2 aromatic rings. The number of ether oxygens (including phenoxy) is 1. The van der Waals surface area contributed by atoms with Crippen molar-refractivity contribution in [1.29, 1.82) is 0 Å². The Hall–Kier alpha value is -1.03. The Labute approximate surface area is 109 Å². The lowest BCUT2D eigenvalue weighted by Crippen LogP contribution is -2.01. The summed E-state index contributed by atoms with van der Waals surface area (Å²) in [5.41, 5.74) is 0.819. The Balaban J connectivity index is 2.16. The van der Waals surface area contributed by atoms with Crippen molar-refractivity contribution in [3.63, 3.8) is 0 Å². The molecule has 0 saturated carbocycles. The second kappa shape index (κ2) is 5.54. The van der Waals surface area contributed by atoms with Crippen LogP contribution >= 0.6 is 22.9 Å². The number of hydrogen-bond acceptors (Lipinski definition) is 3. The van der Waals surface area contributed by atoms with Crippen molar-refractivity contribution in [1.82, 2.24) is 0 Å². The van der Waals surface area contributed by atoms with Crippen molar-refractivity contribution in [3.8, 4) is 5.75 Å². The normalized spacial score (nSPS) is 12.4.